The maximum atomic E-state index is 11.6. The van der Waals surface area contributed by atoms with Crippen LogP contribution in [0.5, 0.6) is 5.75 Å². The lowest BCUT2D eigenvalue weighted by Gasteiger charge is -2.03. The molecule has 20 heavy (non-hydrogen) atoms. The number of rotatable bonds is 5. The zero-order chi connectivity index (χ0) is 14.4. The number of carbonyl (C=O) groups excluding carboxylic acids is 1. The fraction of sp³-hybridized carbons (Fsp3) is 0.154. The second-order valence-corrected chi connectivity index (χ2v) is 4.00. The van der Waals surface area contributed by atoms with Gasteiger partial charge in [-0.2, -0.15) is 5.10 Å². The Kier molecular flexibility index (Phi) is 4.33. The summed E-state index contributed by atoms with van der Waals surface area (Å²) in [6, 6.07) is 8.63. The second kappa shape index (κ2) is 6.37. The maximum Gasteiger partial charge on any atom is 0.264 e. The van der Waals surface area contributed by atoms with Crippen LogP contribution < -0.4 is 15.7 Å². The van der Waals surface area contributed by atoms with Crippen LogP contribution in [-0.2, 0) is 11.2 Å². The number of hydrogen-bond donors (Lipinski definition) is 3. The van der Waals surface area contributed by atoms with E-state index in [2.05, 4.69) is 20.7 Å². The van der Waals surface area contributed by atoms with Gasteiger partial charge in [0.2, 0.25) is 5.91 Å². The number of H-pyrrole nitrogens is 2. The summed E-state index contributed by atoms with van der Waals surface area (Å²) < 4.78 is 5.15. The van der Waals surface area contributed by atoms with Crippen LogP contribution >= 0.6 is 0 Å². The highest BCUT2D eigenvalue weighted by Crippen LogP contribution is 2.14. The number of nitrogens with one attached hydrogen (secondary N) is 3. The van der Waals surface area contributed by atoms with E-state index in [-0.39, 0.29) is 17.9 Å². The number of methoxy groups -OCH3 is 1. The van der Waals surface area contributed by atoms with E-state index in [0.29, 0.717) is 11.4 Å². The summed E-state index contributed by atoms with van der Waals surface area (Å²) in [7, 11) is 1.56. The van der Waals surface area contributed by atoms with Crippen molar-refractivity contribution in [1.29, 1.82) is 0 Å². The van der Waals surface area contributed by atoms with E-state index in [1.807, 2.05) is 18.2 Å². The lowest BCUT2D eigenvalue weighted by Crippen LogP contribution is -2.20. The number of carbonyl (C=O) groups is 1. The molecule has 2 rings (SSSR count). The van der Waals surface area contributed by atoms with Crippen LogP contribution in [0.15, 0.2) is 40.2 Å². The monoisotopic (exact) mass is 274 g/mol. The molecule has 7 nitrogen and oxygen atoms in total. The Morgan fingerprint density at radius 2 is 2.20 bits per heavy atom. The van der Waals surface area contributed by atoms with Crippen molar-refractivity contribution in [2.24, 2.45) is 5.10 Å². The predicted molar refractivity (Wildman–Crippen MR) is 73.8 cm³/mol. The van der Waals surface area contributed by atoms with Gasteiger partial charge in [-0.3, -0.25) is 14.7 Å². The summed E-state index contributed by atoms with van der Waals surface area (Å²) >= 11 is 0. The molecular formula is C13H14N4O3. The minimum Gasteiger partial charge on any atom is -0.496 e. The molecule has 104 valence electrons. The predicted octanol–water partition coefficient (Wildman–Crippen LogP) is 0.404. The van der Waals surface area contributed by atoms with E-state index in [0.717, 1.165) is 5.56 Å². The molecule has 3 N–H and O–H groups in total. The Bertz CT molecular complexity index is 672. The number of aromatic amines is 2. The molecule has 1 aromatic heterocycles. The fourth-order valence-corrected chi connectivity index (χ4v) is 1.63. The minimum atomic E-state index is -0.327. The number of aromatic nitrogens is 2. The number of ether oxygens (including phenoxy) is 1. The largest absolute Gasteiger partial charge is 0.496 e. The zero-order valence-electron chi connectivity index (χ0n) is 10.8. The van der Waals surface area contributed by atoms with Gasteiger partial charge in [-0.25, -0.2) is 5.43 Å². The lowest BCUT2D eigenvalue weighted by molar-refractivity contribution is -0.120. The van der Waals surface area contributed by atoms with Gasteiger partial charge in [0.15, 0.2) is 0 Å². The van der Waals surface area contributed by atoms with Crippen LogP contribution in [0.4, 0.5) is 0 Å². The van der Waals surface area contributed by atoms with E-state index < -0.39 is 0 Å². The SMILES string of the molecule is COc1ccccc1/C=N/NC(=O)Cc1cc(=O)[nH][nH]1. The van der Waals surface area contributed by atoms with Crippen molar-refractivity contribution >= 4 is 12.1 Å². The molecule has 0 fully saturated rings. The summed E-state index contributed by atoms with van der Waals surface area (Å²) in [5.74, 6) is 0.340. The summed E-state index contributed by atoms with van der Waals surface area (Å²) in [4.78, 5) is 22.5. The molecule has 1 amide bonds. The van der Waals surface area contributed by atoms with Crippen molar-refractivity contribution < 1.29 is 9.53 Å². The van der Waals surface area contributed by atoms with E-state index in [9.17, 15) is 9.59 Å². The smallest absolute Gasteiger partial charge is 0.264 e. The Morgan fingerprint density at radius 1 is 1.40 bits per heavy atom. The number of benzene rings is 1. The third-order valence-electron chi connectivity index (χ3n) is 2.53. The van der Waals surface area contributed by atoms with Gasteiger partial charge in [0.05, 0.1) is 19.7 Å². The zero-order valence-corrected chi connectivity index (χ0v) is 10.8. The number of nitrogens with zero attached hydrogens (tertiary/aromatic N) is 1. The first-order valence-corrected chi connectivity index (χ1v) is 5.90. The number of hydrogen-bond acceptors (Lipinski definition) is 4. The van der Waals surface area contributed by atoms with Crippen LogP contribution in [-0.4, -0.2) is 29.4 Å². The molecule has 0 saturated heterocycles. The van der Waals surface area contributed by atoms with Crippen LogP contribution in [0.1, 0.15) is 11.3 Å². The van der Waals surface area contributed by atoms with Gasteiger partial charge in [-0.1, -0.05) is 12.1 Å². The first-order chi connectivity index (χ1) is 9.69. The summed E-state index contributed by atoms with van der Waals surface area (Å²) in [5.41, 5.74) is 3.36. The van der Waals surface area contributed by atoms with Crippen LogP contribution in [0.2, 0.25) is 0 Å². The number of hydrazone groups is 1. The molecule has 0 unspecified atom stereocenters. The normalized spacial score (nSPS) is 10.7. The summed E-state index contributed by atoms with van der Waals surface area (Å²) in [6.07, 6.45) is 1.54. The third kappa shape index (κ3) is 3.58. The van der Waals surface area contributed by atoms with Crippen LogP contribution in [0.25, 0.3) is 0 Å². The maximum absolute atomic E-state index is 11.6. The van der Waals surface area contributed by atoms with E-state index in [1.165, 1.54) is 12.3 Å². The van der Waals surface area contributed by atoms with Gasteiger partial charge in [0.1, 0.15) is 5.75 Å². The fourth-order valence-electron chi connectivity index (χ4n) is 1.63. The highest BCUT2D eigenvalue weighted by Gasteiger charge is 2.04. The van der Waals surface area contributed by atoms with Crippen molar-refractivity contribution in [3.8, 4) is 5.75 Å². The van der Waals surface area contributed by atoms with Gasteiger partial charge in [-0.15, -0.1) is 0 Å². The lowest BCUT2D eigenvalue weighted by atomic mass is 10.2. The quantitative estimate of drug-likeness (QED) is 0.543. The summed E-state index contributed by atoms with van der Waals surface area (Å²) in [5, 5.41) is 8.79. The minimum absolute atomic E-state index is 0.0437. The molecule has 0 aliphatic rings. The standard InChI is InChI=1S/C13H14N4O3/c1-20-11-5-3-2-4-9(11)8-14-16-12(18)6-10-7-13(19)17-15-10/h2-5,7-8H,6H2,1H3,(H,16,18)(H2,15,17,19)/b14-8+. The van der Waals surface area contributed by atoms with Crippen molar-refractivity contribution in [3.05, 3.63) is 51.9 Å². The molecule has 0 spiro atoms. The first kappa shape index (κ1) is 13.6. The Labute approximate surface area is 114 Å². The molecule has 0 aliphatic carbocycles. The molecular weight excluding hydrogens is 260 g/mol. The topological polar surface area (TPSA) is 99.3 Å². The molecule has 1 aromatic carbocycles. The highest BCUT2D eigenvalue weighted by atomic mass is 16.5. The van der Waals surface area contributed by atoms with Crippen molar-refractivity contribution in [1.82, 2.24) is 15.6 Å². The van der Waals surface area contributed by atoms with Gasteiger partial charge >= 0.3 is 0 Å². The third-order valence-corrected chi connectivity index (χ3v) is 2.53. The molecule has 0 atom stereocenters. The number of amides is 1. The van der Waals surface area contributed by atoms with E-state index >= 15 is 0 Å². The van der Waals surface area contributed by atoms with E-state index in [4.69, 9.17) is 4.74 Å². The van der Waals surface area contributed by atoms with Gasteiger partial charge in [0, 0.05) is 17.3 Å². The Balaban J connectivity index is 1.92. The molecule has 0 saturated carbocycles. The van der Waals surface area contributed by atoms with Crippen LogP contribution in [0.3, 0.4) is 0 Å². The van der Waals surface area contributed by atoms with Gasteiger partial charge < -0.3 is 9.84 Å². The molecule has 0 aliphatic heterocycles. The van der Waals surface area contributed by atoms with Crippen molar-refractivity contribution in [2.45, 2.75) is 6.42 Å². The van der Waals surface area contributed by atoms with Crippen molar-refractivity contribution in [2.75, 3.05) is 7.11 Å². The Morgan fingerprint density at radius 3 is 2.90 bits per heavy atom. The number of para-hydroxylation sites is 1. The summed E-state index contributed by atoms with van der Waals surface area (Å²) in [6.45, 7) is 0. The molecule has 7 heteroatoms. The molecule has 1 heterocycles. The average Bonchev–Trinajstić information content (AvgIpc) is 2.84. The second-order valence-electron chi connectivity index (χ2n) is 4.00. The van der Waals surface area contributed by atoms with Crippen LogP contribution in [0, 0.1) is 0 Å². The van der Waals surface area contributed by atoms with Gasteiger partial charge in [-0.05, 0) is 12.1 Å². The molecule has 0 bridgehead atoms. The van der Waals surface area contributed by atoms with Gasteiger partial charge in [0.25, 0.3) is 5.56 Å². The Hall–Kier alpha value is -2.83. The molecule has 2 aromatic rings. The first-order valence-electron chi connectivity index (χ1n) is 5.90. The molecule has 0 radical (unpaired) electrons. The van der Waals surface area contributed by atoms with Crippen molar-refractivity contribution in [3.63, 3.8) is 0 Å². The van der Waals surface area contributed by atoms with E-state index in [1.54, 1.807) is 13.2 Å². The average molecular weight is 274 g/mol. The highest BCUT2D eigenvalue weighted by molar-refractivity contribution is 5.85.